The summed E-state index contributed by atoms with van der Waals surface area (Å²) < 4.78 is 7.67. The topological polar surface area (TPSA) is 79.0 Å². The van der Waals surface area contributed by atoms with Crippen LogP contribution in [0.15, 0.2) is 24.5 Å². The van der Waals surface area contributed by atoms with E-state index in [4.69, 9.17) is 9.57 Å². The number of hydrogen-bond donors (Lipinski definition) is 2. The molecule has 0 radical (unpaired) electrons. The Labute approximate surface area is 209 Å². The molecule has 1 aliphatic heterocycles. The first-order valence-corrected chi connectivity index (χ1v) is 14.0. The first-order valence-electron chi connectivity index (χ1n) is 13.1. The molecule has 2 N–H and O–H groups in total. The van der Waals surface area contributed by atoms with Crippen molar-refractivity contribution in [3.63, 3.8) is 0 Å². The second kappa shape index (κ2) is 17.1. The van der Waals surface area contributed by atoms with Crippen LogP contribution >= 0.6 is 11.9 Å². The number of amides is 2. The van der Waals surface area contributed by atoms with Gasteiger partial charge in [-0.05, 0) is 37.3 Å². The van der Waals surface area contributed by atoms with Crippen molar-refractivity contribution < 1.29 is 14.4 Å². The second-order valence-electron chi connectivity index (χ2n) is 9.08. The molecule has 2 amide bonds. The molecule has 1 saturated carbocycles. The van der Waals surface area contributed by atoms with Crippen molar-refractivity contribution in [1.29, 1.82) is 0 Å². The fourth-order valence-electron chi connectivity index (χ4n) is 4.31. The van der Waals surface area contributed by atoms with E-state index in [1.165, 1.54) is 44.9 Å². The minimum Gasteiger partial charge on any atom is -0.379 e. The molecular formula is C25H43N5O3S. The predicted molar refractivity (Wildman–Crippen MR) is 137 cm³/mol. The van der Waals surface area contributed by atoms with Gasteiger partial charge in [-0.2, -0.15) is 0 Å². The first-order chi connectivity index (χ1) is 16.8. The lowest BCUT2D eigenvalue weighted by Crippen LogP contribution is -2.40. The normalized spacial score (nSPS) is 17.7. The quantitative estimate of drug-likeness (QED) is 0.217. The lowest BCUT2D eigenvalue weighted by atomic mass is 9.96. The molecule has 1 aliphatic carbocycles. The summed E-state index contributed by atoms with van der Waals surface area (Å²) in [4.78, 5) is 24.6. The zero-order chi connectivity index (χ0) is 23.7. The van der Waals surface area contributed by atoms with Gasteiger partial charge in [-0.25, -0.2) is 4.79 Å². The second-order valence-corrected chi connectivity index (χ2v) is 10.1. The standard InChI is InChI=1S/C25H43N5O3S/c31-25(28-22-23-9-8-12-26-21-23)27-13-6-1-2-7-20-34-30(24-10-4-3-5-11-24)33-19-16-29-14-17-32-18-15-29/h8-9,12,21,24H,1-7,10-11,13-20,22H2,(H2,27,28,31). The van der Waals surface area contributed by atoms with Gasteiger partial charge in [0.05, 0.1) is 19.8 Å². The van der Waals surface area contributed by atoms with Crippen LogP contribution in [-0.2, 0) is 16.1 Å². The lowest BCUT2D eigenvalue weighted by molar-refractivity contribution is -0.118. The number of carbonyl (C=O) groups excluding carboxylic acids is 1. The number of hydroxylamine groups is 1. The molecule has 0 spiro atoms. The van der Waals surface area contributed by atoms with E-state index in [1.54, 1.807) is 12.4 Å². The Morgan fingerprint density at radius 2 is 1.97 bits per heavy atom. The highest BCUT2D eigenvalue weighted by molar-refractivity contribution is 7.96. The summed E-state index contributed by atoms with van der Waals surface area (Å²) in [5.74, 6) is 1.09. The van der Waals surface area contributed by atoms with Crippen LogP contribution in [0.25, 0.3) is 0 Å². The minimum atomic E-state index is -0.114. The largest absolute Gasteiger partial charge is 0.379 e. The number of unbranched alkanes of at least 4 members (excludes halogenated alkanes) is 3. The van der Waals surface area contributed by atoms with Crippen molar-refractivity contribution in [2.24, 2.45) is 0 Å². The molecule has 3 rings (SSSR count). The number of hydrogen-bond acceptors (Lipinski definition) is 7. The number of pyridine rings is 1. The smallest absolute Gasteiger partial charge is 0.315 e. The van der Waals surface area contributed by atoms with Gasteiger partial charge in [0.2, 0.25) is 0 Å². The van der Waals surface area contributed by atoms with Crippen molar-refractivity contribution in [3.05, 3.63) is 30.1 Å². The highest BCUT2D eigenvalue weighted by Gasteiger charge is 2.23. The molecule has 0 bridgehead atoms. The predicted octanol–water partition coefficient (Wildman–Crippen LogP) is 3.99. The Bertz CT molecular complexity index is 657. The molecule has 8 nitrogen and oxygen atoms in total. The van der Waals surface area contributed by atoms with Crippen molar-refractivity contribution in [1.82, 2.24) is 25.0 Å². The molecule has 1 saturated heterocycles. The molecule has 9 heteroatoms. The zero-order valence-corrected chi connectivity index (χ0v) is 21.4. The highest BCUT2D eigenvalue weighted by atomic mass is 32.2. The van der Waals surface area contributed by atoms with Crippen molar-refractivity contribution >= 4 is 18.0 Å². The van der Waals surface area contributed by atoms with Gasteiger partial charge in [0.25, 0.3) is 0 Å². The molecule has 0 atom stereocenters. The molecule has 0 aromatic carbocycles. The SMILES string of the molecule is O=C(NCCCCCCSN(OCCN1CCOCC1)C1CCCCC1)NCc1cccnc1. The van der Waals surface area contributed by atoms with Crippen LogP contribution in [-0.4, -0.2) is 78.2 Å². The number of carbonyl (C=O) groups is 1. The first kappa shape index (κ1) is 27.2. The van der Waals surface area contributed by atoms with E-state index in [0.29, 0.717) is 19.1 Å². The van der Waals surface area contributed by atoms with E-state index in [2.05, 4.69) is 25.0 Å². The fourth-order valence-corrected chi connectivity index (χ4v) is 5.39. The van der Waals surface area contributed by atoms with Crippen LogP contribution < -0.4 is 10.6 Å². The average molecular weight is 494 g/mol. The van der Waals surface area contributed by atoms with Crippen molar-refractivity contribution in [2.45, 2.75) is 70.4 Å². The number of ether oxygens (including phenoxy) is 1. The summed E-state index contributed by atoms with van der Waals surface area (Å²) in [6.07, 6.45) is 14.5. The van der Waals surface area contributed by atoms with Gasteiger partial charge in [-0.3, -0.25) is 14.7 Å². The van der Waals surface area contributed by atoms with Gasteiger partial charge in [0.1, 0.15) is 0 Å². The maximum absolute atomic E-state index is 11.9. The Kier molecular flexibility index (Phi) is 13.7. The maximum atomic E-state index is 11.9. The van der Waals surface area contributed by atoms with Crippen molar-refractivity contribution in [3.8, 4) is 0 Å². The lowest BCUT2D eigenvalue weighted by Gasteiger charge is -2.33. The van der Waals surface area contributed by atoms with Crippen LogP contribution in [0.4, 0.5) is 4.79 Å². The van der Waals surface area contributed by atoms with E-state index in [0.717, 1.165) is 63.6 Å². The molecule has 34 heavy (non-hydrogen) atoms. The monoisotopic (exact) mass is 493 g/mol. The number of urea groups is 1. The van der Waals surface area contributed by atoms with Gasteiger partial charge in [0.15, 0.2) is 0 Å². The van der Waals surface area contributed by atoms with E-state index in [9.17, 15) is 4.79 Å². The van der Waals surface area contributed by atoms with Gasteiger partial charge >= 0.3 is 6.03 Å². The van der Waals surface area contributed by atoms with E-state index in [-0.39, 0.29) is 6.03 Å². The molecule has 0 unspecified atom stereocenters. The Balaban J connectivity index is 1.21. The van der Waals surface area contributed by atoms with Crippen LogP contribution in [0.2, 0.25) is 0 Å². The number of aromatic nitrogens is 1. The third-order valence-corrected chi connectivity index (χ3v) is 7.48. The van der Waals surface area contributed by atoms with E-state index < -0.39 is 0 Å². The van der Waals surface area contributed by atoms with Gasteiger partial charge in [-0.1, -0.05) is 50.1 Å². The van der Waals surface area contributed by atoms with E-state index >= 15 is 0 Å². The summed E-state index contributed by atoms with van der Waals surface area (Å²) in [5, 5.41) is 5.81. The third kappa shape index (κ3) is 11.4. The number of rotatable bonds is 15. The summed E-state index contributed by atoms with van der Waals surface area (Å²) in [6, 6.07) is 4.27. The highest BCUT2D eigenvalue weighted by Crippen LogP contribution is 2.28. The van der Waals surface area contributed by atoms with Gasteiger partial charge in [-0.15, -0.1) is 4.47 Å². The third-order valence-electron chi connectivity index (χ3n) is 6.35. The molecule has 2 aliphatic rings. The average Bonchev–Trinajstić information content (AvgIpc) is 2.89. The fraction of sp³-hybridized carbons (Fsp3) is 0.760. The minimum absolute atomic E-state index is 0.114. The number of nitrogens with one attached hydrogen (secondary N) is 2. The Hall–Kier alpha value is -1.39. The summed E-state index contributed by atoms with van der Waals surface area (Å²) in [6.45, 7) is 6.67. The Morgan fingerprint density at radius 3 is 2.76 bits per heavy atom. The summed E-state index contributed by atoms with van der Waals surface area (Å²) in [5.41, 5.74) is 1.00. The number of morpholine rings is 1. The summed E-state index contributed by atoms with van der Waals surface area (Å²) >= 11 is 1.87. The molecular weight excluding hydrogens is 450 g/mol. The van der Waals surface area contributed by atoms with Crippen molar-refractivity contribution in [2.75, 3.05) is 51.8 Å². The molecule has 2 fully saturated rings. The van der Waals surface area contributed by atoms with Crippen LogP contribution in [0.3, 0.4) is 0 Å². The van der Waals surface area contributed by atoms with Crippen LogP contribution in [0, 0.1) is 0 Å². The van der Waals surface area contributed by atoms with Gasteiger partial charge in [0, 0.05) is 56.9 Å². The van der Waals surface area contributed by atoms with Gasteiger partial charge < -0.3 is 15.4 Å². The number of nitrogens with zero attached hydrogens (tertiary/aromatic N) is 3. The zero-order valence-electron chi connectivity index (χ0n) is 20.6. The molecule has 1 aromatic heterocycles. The van der Waals surface area contributed by atoms with Crippen LogP contribution in [0.1, 0.15) is 63.4 Å². The Morgan fingerprint density at radius 1 is 1.15 bits per heavy atom. The summed E-state index contributed by atoms with van der Waals surface area (Å²) in [7, 11) is 0. The molecule has 1 aromatic rings. The molecule has 192 valence electrons. The maximum Gasteiger partial charge on any atom is 0.315 e. The van der Waals surface area contributed by atoms with E-state index in [1.807, 2.05) is 24.1 Å². The molecule has 2 heterocycles. The van der Waals surface area contributed by atoms with Crippen LogP contribution in [0.5, 0.6) is 0 Å².